The molecule has 0 amide bonds. The van der Waals surface area contributed by atoms with E-state index in [1.54, 1.807) is 31.4 Å². The van der Waals surface area contributed by atoms with Gasteiger partial charge in [0.1, 0.15) is 17.1 Å². The van der Waals surface area contributed by atoms with Gasteiger partial charge in [-0.1, -0.05) is 11.6 Å². The first kappa shape index (κ1) is 22.9. The number of alkyl halides is 3. The van der Waals surface area contributed by atoms with Gasteiger partial charge in [0, 0.05) is 22.5 Å². The third-order valence-corrected chi connectivity index (χ3v) is 6.71. The number of pyridine rings is 1. The van der Waals surface area contributed by atoms with Crippen LogP contribution in [0, 0.1) is 5.92 Å². The summed E-state index contributed by atoms with van der Waals surface area (Å²) in [5.74, 6) is 1.66. The molecule has 0 bridgehead atoms. The number of piperidine rings is 1. The van der Waals surface area contributed by atoms with Crippen LogP contribution in [-0.4, -0.2) is 34.7 Å². The number of hydrogen-bond donors (Lipinski definition) is 1. The number of imidazole rings is 1. The molecule has 0 atom stereocenters. The maximum Gasteiger partial charge on any atom is 0.435 e. The van der Waals surface area contributed by atoms with Gasteiger partial charge in [0.15, 0.2) is 5.69 Å². The Morgan fingerprint density at radius 3 is 2.50 bits per heavy atom. The minimum absolute atomic E-state index is 0.140. The Balaban J connectivity index is 1.75. The molecule has 5 nitrogen and oxygen atoms in total. The van der Waals surface area contributed by atoms with E-state index in [-0.39, 0.29) is 11.0 Å². The molecule has 178 valence electrons. The molecule has 2 aromatic heterocycles. The van der Waals surface area contributed by atoms with Crippen LogP contribution in [0.15, 0.2) is 42.5 Å². The predicted molar refractivity (Wildman–Crippen MR) is 127 cm³/mol. The van der Waals surface area contributed by atoms with Gasteiger partial charge in [0.05, 0.1) is 18.1 Å². The highest BCUT2D eigenvalue weighted by Crippen LogP contribution is 2.39. The Kier molecular flexibility index (Phi) is 6.12. The van der Waals surface area contributed by atoms with Crippen LogP contribution in [0.3, 0.4) is 0 Å². The molecule has 0 saturated carbocycles. The molecule has 1 fully saturated rings. The second kappa shape index (κ2) is 9.07. The number of ether oxygens (including phenoxy) is 1. The number of halogens is 4. The van der Waals surface area contributed by atoms with Crippen molar-refractivity contribution in [2.45, 2.75) is 32.0 Å². The van der Waals surface area contributed by atoms with Gasteiger partial charge in [-0.25, -0.2) is 9.97 Å². The lowest BCUT2D eigenvalue weighted by atomic mass is 9.94. The van der Waals surface area contributed by atoms with Crippen LogP contribution in [0.4, 0.5) is 13.2 Å². The van der Waals surface area contributed by atoms with Gasteiger partial charge in [-0.15, -0.1) is 0 Å². The lowest BCUT2D eigenvalue weighted by Crippen LogP contribution is -2.28. The van der Waals surface area contributed by atoms with Gasteiger partial charge in [-0.2, -0.15) is 13.2 Å². The van der Waals surface area contributed by atoms with Crippen LogP contribution < -0.4 is 10.1 Å². The smallest absolute Gasteiger partial charge is 0.435 e. The number of nitrogens with one attached hydrogen (secondary N) is 1. The van der Waals surface area contributed by atoms with E-state index in [1.807, 2.05) is 16.7 Å². The molecule has 34 heavy (non-hydrogen) atoms. The Morgan fingerprint density at radius 1 is 1.09 bits per heavy atom. The number of aryl methyl sites for hydroxylation is 1. The molecule has 1 aliphatic heterocycles. The van der Waals surface area contributed by atoms with Crippen molar-refractivity contribution in [1.82, 2.24) is 19.9 Å². The minimum atomic E-state index is -4.65. The zero-order valence-corrected chi connectivity index (χ0v) is 19.4. The Morgan fingerprint density at radius 2 is 1.82 bits per heavy atom. The third kappa shape index (κ3) is 4.32. The largest absolute Gasteiger partial charge is 0.497 e. The van der Waals surface area contributed by atoms with Gasteiger partial charge in [-0.05, 0) is 80.7 Å². The first-order valence-corrected chi connectivity index (χ1v) is 11.6. The summed E-state index contributed by atoms with van der Waals surface area (Å²) in [5, 5.41) is 4.30. The van der Waals surface area contributed by atoms with Gasteiger partial charge < -0.3 is 14.6 Å². The van der Waals surface area contributed by atoms with Crippen molar-refractivity contribution < 1.29 is 17.9 Å². The molecule has 3 heterocycles. The first-order valence-electron chi connectivity index (χ1n) is 11.3. The van der Waals surface area contributed by atoms with Crippen molar-refractivity contribution in [3.8, 4) is 17.1 Å². The summed E-state index contributed by atoms with van der Waals surface area (Å²) in [4.78, 5) is 8.48. The summed E-state index contributed by atoms with van der Waals surface area (Å²) in [6, 6.07) is 12.1. The molecular weight excluding hydrogens is 465 g/mol. The van der Waals surface area contributed by atoms with E-state index in [9.17, 15) is 13.2 Å². The van der Waals surface area contributed by atoms with E-state index in [0.717, 1.165) is 37.9 Å². The summed E-state index contributed by atoms with van der Waals surface area (Å²) in [6.07, 6.45) is -1.69. The lowest BCUT2D eigenvalue weighted by Gasteiger charge is -2.23. The fourth-order valence-corrected chi connectivity index (χ4v) is 4.89. The first-order chi connectivity index (χ1) is 16.3. The Labute approximate surface area is 199 Å². The molecule has 0 aliphatic carbocycles. The Hall–Kier alpha value is -2.84. The number of aromatic nitrogens is 3. The van der Waals surface area contributed by atoms with Gasteiger partial charge >= 0.3 is 6.18 Å². The van der Waals surface area contributed by atoms with E-state index in [1.165, 1.54) is 6.07 Å². The van der Waals surface area contributed by atoms with Crippen molar-refractivity contribution in [2.24, 2.45) is 5.92 Å². The van der Waals surface area contributed by atoms with E-state index < -0.39 is 11.9 Å². The number of fused-ring (bicyclic) bond motifs is 3. The zero-order chi connectivity index (χ0) is 23.9. The van der Waals surface area contributed by atoms with Gasteiger partial charge in [0.2, 0.25) is 0 Å². The molecule has 0 radical (unpaired) electrons. The van der Waals surface area contributed by atoms with Crippen molar-refractivity contribution >= 4 is 33.5 Å². The predicted octanol–water partition coefficient (Wildman–Crippen LogP) is 6.32. The summed E-state index contributed by atoms with van der Waals surface area (Å²) in [7, 11) is 1.57. The molecule has 1 saturated heterocycles. The molecule has 1 N–H and O–H groups in total. The minimum Gasteiger partial charge on any atom is -0.497 e. The molecule has 5 rings (SSSR count). The topological polar surface area (TPSA) is 52.0 Å². The maximum atomic E-state index is 14.1. The second-order valence-corrected chi connectivity index (χ2v) is 9.05. The summed E-state index contributed by atoms with van der Waals surface area (Å²) >= 11 is 6.11. The lowest BCUT2D eigenvalue weighted by molar-refractivity contribution is -0.139. The van der Waals surface area contributed by atoms with Crippen molar-refractivity contribution in [1.29, 1.82) is 0 Å². The Bertz CT molecular complexity index is 1330. The van der Waals surface area contributed by atoms with E-state index in [0.29, 0.717) is 40.0 Å². The average molecular weight is 489 g/mol. The van der Waals surface area contributed by atoms with Crippen molar-refractivity contribution in [2.75, 3.05) is 20.2 Å². The molecular formula is C25H24ClF3N4O. The summed E-state index contributed by atoms with van der Waals surface area (Å²) in [5.41, 5.74) is 0.231. The van der Waals surface area contributed by atoms with Crippen LogP contribution in [0.1, 0.15) is 25.0 Å². The van der Waals surface area contributed by atoms with Gasteiger partial charge in [0.25, 0.3) is 0 Å². The fourth-order valence-electron chi connectivity index (χ4n) is 4.72. The SMILES string of the molecule is COc1ccc(-c2nc3c(C(F)(F)F)nc4cc(Cl)ccc4c3n2CCC2CCNCC2)cc1. The van der Waals surface area contributed by atoms with Crippen LogP contribution in [-0.2, 0) is 12.7 Å². The van der Waals surface area contributed by atoms with Gasteiger partial charge in [-0.3, -0.25) is 0 Å². The third-order valence-electron chi connectivity index (χ3n) is 6.48. The van der Waals surface area contributed by atoms with Crippen LogP contribution in [0.5, 0.6) is 5.75 Å². The zero-order valence-electron chi connectivity index (χ0n) is 18.6. The van der Waals surface area contributed by atoms with Crippen molar-refractivity contribution in [3.05, 3.63) is 53.2 Å². The molecule has 1 aliphatic rings. The second-order valence-electron chi connectivity index (χ2n) is 8.61. The quantitative estimate of drug-likeness (QED) is 0.357. The monoisotopic (exact) mass is 488 g/mol. The highest BCUT2D eigenvalue weighted by molar-refractivity contribution is 6.31. The normalized spacial score (nSPS) is 15.3. The molecule has 0 unspecified atom stereocenters. The van der Waals surface area contributed by atoms with Crippen molar-refractivity contribution in [3.63, 3.8) is 0 Å². The highest BCUT2D eigenvalue weighted by Gasteiger charge is 2.37. The summed E-state index contributed by atoms with van der Waals surface area (Å²) < 4.78 is 49.5. The van der Waals surface area contributed by atoms with Crippen LogP contribution in [0.2, 0.25) is 5.02 Å². The van der Waals surface area contributed by atoms with E-state index in [4.69, 9.17) is 16.3 Å². The standard InChI is InChI=1S/C25H24ClF3N4O/c1-34-18-5-2-16(3-6-18)24-32-21-22(33(24)13-10-15-8-11-30-12-9-15)19-7-4-17(26)14-20(19)31-23(21)25(27,28)29/h2-7,14-15,30H,8-13H2,1H3. The van der Waals surface area contributed by atoms with E-state index in [2.05, 4.69) is 15.3 Å². The average Bonchev–Trinajstić information content (AvgIpc) is 3.21. The molecule has 0 spiro atoms. The number of methoxy groups -OCH3 is 1. The molecule has 2 aromatic carbocycles. The number of hydrogen-bond acceptors (Lipinski definition) is 4. The van der Waals surface area contributed by atoms with E-state index >= 15 is 0 Å². The highest BCUT2D eigenvalue weighted by atomic mass is 35.5. The molecule has 4 aromatic rings. The molecule has 9 heteroatoms. The number of rotatable bonds is 5. The maximum absolute atomic E-state index is 14.1. The number of benzene rings is 2. The van der Waals surface area contributed by atoms with Crippen LogP contribution in [0.25, 0.3) is 33.3 Å². The van der Waals surface area contributed by atoms with Crippen LogP contribution >= 0.6 is 11.6 Å². The fraction of sp³-hybridized carbons (Fsp3) is 0.360. The number of nitrogens with zero attached hydrogens (tertiary/aromatic N) is 3. The summed E-state index contributed by atoms with van der Waals surface area (Å²) in [6.45, 7) is 2.48.